The Balaban J connectivity index is 2.30. The van der Waals surface area contributed by atoms with Gasteiger partial charge in [0.25, 0.3) is 0 Å². The molecule has 1 fully saturated rings. The van der Waals surface area contributed by atoms with Gasteiger partial charge < -0.3 is 4.42 Å². The minimum atomic E-state index is -3.12. The third kappa shape index (κ3) is 2.08. The fourth-order valence-corrected chi connectivity index (χ4v) is 3.19. The Morgan fingerprint density at radius 1 is 1.47 bits per heavy atom. The minimum Gasteiger partial charge on any atom is -0.465 e. The Morgan fingerprint density at radius 2 is 2.20 bits per heavy atom. The second-order valence-electron chi connectivity index (χ2n) is 3.98. The second kappa shape index (κ2) is 3.64. The SMILES string of the molecule is Cc1ccc([C@@H]2CCCN2S(C)(=O)=O)o1. The predicted molar refractivity (Wildman–Crippen MR) is 57.0 cm³/mol. The highest BCUT2D eigenvalue weighted by atomic mass is 32.2. The molecule has 5 heteroatoms. The molecule has 1 atom stereocenters. The van der Waals surface area contributed by atoms with Gasteiger partial charge >= 0.3 is 0 Å². The van der Waals surface area contributed by atoms with Crippen LogP contribution in [-0.2, 0) is 10.0 Å². The molecule has 1 aromatic rings. The Hall–Kier alpha value is -0.810. The van der Waals surface area contributed by atoms with E-state index in [1.807, 2.05) is 19.1 Å². The van der Waals surface area contributed by atoms with Gasteiger partial charge in [-0.3, -0.25) is 0 Å². The van der Waals surface area contributed by atoms with E-state index in [-0.39, 0.29) is 6.04 Å². The van der Waals surface area contributed by atoms with Gasteiger partial charge in [-0.25, -0.2) is 8.42 Å². The molecule has 1 aliphatic heterocycles. The molecule has 0 saturated carbocycles. The molecule has 1 saturated heterocycles. The van der Waals surface area contributed by atoms with Crippen molar-refractivity contribution in [2.24, 2.45) is 0 Å². The van der Waals surface area contributed by atoms with E-state index in [1.54, 1.807) is 0 Å². The second-order valence-corrected chi connectivity index (χ2v) is 5.92. The molecule has 0 spiro atoms. The molecular formula is C10H15NO3S. The largest absolute Gasteiger partial charge is 0.465 e. The summed E-state index contributed by atoms with van der Waals surface area (Å²) in [7, 11) is -3.12. The molecule has 1 aliphatic rings. The molecule has 0 N–H and O–H groups in total. The van der Waals surface area contributed by atoms with Crippen molar-refractivity contribution in [1.82, 2.24) is 4.31 Å². The number of aryl methyl sites for hydroxylation is 1. The third-order valence-electron chi connectivity index (χ3n) is 2.72. The van der Waals surface area contributed by atoms with Crippen molar-refractivity contribution < 1.29 is 12.8 Å². The summed E-state index contributed by atoms with van der Waals surface area (Å²) in [6, 6.07) is 3.63. The van der Waals surface area contributed by atoms with Crippen LogP contribution in [0.15, 0.2) is 16.5 Å². The van der Waals surface area contributed by atoms with Crippen molar-refractivity contribution in [3.8, 4) is 0 Å². The molecule has 2 heterocycles. The number of rotatable bonds is 2. The van der Waals surface area contributed by atoms with Crippen molar-refractivity contribution in [2.75, 3.05) is 12.8 Å². The zero-order valence-electron chi connectivity index (χ0n) is 8.93. The Labute approximate surface area is 89.9 Å². The Kier molecular flexibility index (Phi) is 2.60. The van der Waals surface area contributed by atoms with Gasteiger partial charge in [-0.1, -0.05) is 0 Å². The first-order chi connectivity index (χ1) is 6.98. The van der Waals surface area contributed by atoms with E-state index in [2.05, 4.69) is 0 Å². The summed E-state index contributed by atoms with van der Waals surface area (Å²) in [5.74, 6) is 1.58. The van der Waals surface area contributed by atoms with Crippen LogP contribution in [0, 0.1) is 6.92 Å². The van der Waals surface area contributed by atoms with E-state index in [4.69, 9.17) is 4.42 Å². The van der Waals surface area contributed by atoms with Crippen LogP contribution in [-0.4, -0.2) is 25.5 Å². The van der Waals surface area contributed by atoms with E-state index < -0.39 is 10.0 Å². The Morgan fingerprint density at radius 3 is 2.73 bits per heavy atom. The molecule has 0 bridgehead atoms. The number of nitrogens with zero attached hydrogens (tertiary/aromatic N) is 1. The zero-order chi connectivity index (χ0) is 11.1. The monoisotopic (exact) mass is 229 g/mol. The van der Waals surface area contributed by atoms with Gasteiger partial charge in [-0.05, 0) is 31.9 Å². The average Bonchev–Trinajstić information content (AvgIpc) is 2.68. The summed E-state index contributed by atoms with van der Waals surface area (Å²) in [6.07, 6.45) is 3.00. The molecule has 2 rings (SSSR count). The minimum absolute atomic E-state index is 0.103. The first-order valence-corrected chi connectivity index (χ1v) is 6.86. The maximum absolute atomic E-state index is 11.5. The summed E-state index contributed by atoms with van der Waals surface area (Å²) >= 11 is 0. The summed E-state index contributed by atoms with van der Waals surface area (Å²) in [5.41, 5.74) is 0. The summed E-state index contributed by atoms with van der Waals surface area (Å²) in [6.45, 7) is 2.46. The van der Waals surface area contributed by atoms with Gasteiger partial charge in [0.2, 0.25) is 10.0 Å². The maximum atomic E-state index is 11.5. The molecular weight excluding hydrogens is 214 g/mol. The van der Waals surface area contributed by atoms with Crippen molar-refractivity contribution in [3.63, 3.8) is 0 Å². The van der Waals surface area contributed by atoms with Crippen LogP contribution in [0.5, 0.6) is 0 Å². The fourth-order valence-electron chi connectivity index (χ4n) is 2.05. The first-order valence-electron chi connectivity index (χ1n) is 5.01. The Bertz CT molecular complexity index is 449. The van der Waals surface area contributed by atoms with Crippen molar-refractivity contribution >= 4 is 10.0 Å². The normalized spacial score (nSPS) is 23.5. The van der Waals surface area contributed by atoms with Gasteiger partial charge in [0, 0.05) is 6.54 Å². The zero-order valence-corrected chi connectivity index (χ0v) is 9.75. The van der Waals surface area contributed by atoms with Crippen LogP contribution in [0.4, 0.5) is 0 Å². The molecule has 4 nitrogen and oxygen atoms in total. The van der Waals surface area contributed by atoms with E-state index in [1.165, 1.54) is 10.6 Å². The molecule has 0 aliphatic carbocycles. The number of hydrogen-bond donors (Lipinski definition) is 0. The van der Waals surface area contributed by atoms with Gasteiger partial charge in [0.15, 0.2) is 0 Å². The first kappa shape index (κ1) is 10.7. The van der Waals surface area contributed by atoms with Gasteiger partial charge in [-0.15, -0.1) is 0 Å². The topological polar surface area (TPSA) is 50.5 Å². The number of hydrogen-bond acceptors (Lipinski definition) is 3. The summed E-state index contributed by atoms with van der Waals surface area (Å²) in [5, 5.41) is 0. The highest BCUT2D eigenvalue weighted by Crippen LogP contribution is 2.34. The van der Waals surface area contributed by atoms with E-state index in [0.717, 1.165) is 24.4 Å². The predicted octanol–water partition coefficient (Wildman–Crippen LogP) is 1.68. The quantitative estimate of drug-likeness (QED) is 0.775. The van der Waals surface area contributed by atoms with Gasteiger partial charge in [-0.2, -0.15) is 4.31 Å². The van der Waals surface area contributed by atoms with Gasteiger partial charge in [0.1, 0.15) is 11.5 Å². The lowest BCUT2D eigenvalue weighted by molar-refractivity contribution is 0.336. The average molecular weight is 229 g/mol. The molecule has 84 valence electrons. The van der Waals surface area contributed by atoms with Crippen LogP contribution in [0.25, 0.3) is 0 Å². The lowest BCUT2D eigenvalue weighted by atomic mass is 10.2. The summed E-state index contributed by atoms with van der Waals surface area (Å²) in [4.78, 5) is 0. The van der Waals surface area contributed by atoms with Crippen LogP contribution in [0.2, 0.25) is 0 Å². The fraction of sp³-hybridized carbons (Fsp3) is 0.600. The van der Waals surface area contributed by atoms with E-state index in [0.29, 0.717) is 6.54 Å². The third-order valence-corrected chi connectivity index (χ3v) is 4.01. The van der Waals surface area contributed by atoms with Crippen LogP contribution in [0.3, 0.4) is 0 Å². The van der Waals surface area contributed by atoms with Crippen molar-refractivity contribution in [2.45, 2.75) is 25.8 Å². The lowest BCUT2D eigenvalue weighted by Crippen LogP contribution is -2.29. The van der Waals surface area contributed by atoms with E-state index >= 15 is 0 Å². The molecule has 0 amide bonds. The van der Waals surface area contributed by atoms with Crippen LogP contribution in [0.1, 0.15) is 30.4 Å². The molecule has 0 unspecified atom stereocenters. The summed E-state index contributed by atoms with van der Waals surface area (Å²) < 4.78 is 30.0. The molecule has 1 aromatic heterocycles. The highest BCUT2D eigenvalue weighted by Gasteiger charge is 2.34. The van der Waals surface area contributed by atoms with Crippen molar-refractivity contribution in [1.29, 1.82) is 0 Å². The smallest absolute Gasteiger partial charge is 0.211 e. The van der Waals surface area contributed by atoms with Crippen molar-refractivity contribution in [3.05, 3.63) is 23.7 Å². The molecule has 15 heavy (non-hydrogen) atoms. The van der Waals surface area contributed by atoms with E-state index in [9.17, 15) is 8.42 Å². The van der Waals surface area contributed by atoms with Crippen LogP contribution >= 0.6 is 0 Å². The standard InChI is InChI=1S/C10H15NO3S/c1-8-5-6-10(14-8)9-4-3-7-11(9)15(2,12)13/h5-6,9H,3-4,7H2,1-2H3/t9-/m0/s1. The van der Waals surface area contributed by atoms with Crippen LogP contribution < -0.4 is 0 Å². The molecule has 0 aromatic carbocycles. The van der Waals surface area contributed by atoms with Gasteiger partial charge in [0.05, 0.1) is 12.3 Å². The highest BCUT2D eigenvalue weighted by molar-refractivity contribution is 7.88. The number of furan rings is 1. The lowest BCUT2D eigenvalue weighted by Gasteiger charge is -2.19. The molecule has 0 radical (unpaired) electrons. The number of sulfonamides is 1. The maximum Gasteiger partial charge on any atom is 0.211 e.